The first-order chi connectivity index (χ1) is 14.3. The highest BCUT2D eigenvalue weighted by Crippen LogP contribution is 2.26. The number of imidazole rings is 2. The highest BCUT2D eigenvalue weighted by atomic mass is 35.5. The molecule has 156 valence electrons. The van der Waals surface area contributed by atoms with Crippen LogP contribution >= 0.6 is 11.6 Å². The zero-order valence-corrected chi connectivity index (χ0v) is 17.7. The highest BCUT2D eigenvalue weighted by molar-refractivity contribution is 6.31. The molecule has 1 aromatic carbocycles. The van der Waals surface area contributed by atoms with Gasteiger partial charge in [0, 0.05) is 24.0 Å². The van der Waals surface area contributed by atoms with Crippen molar-refractivity contribution in [3.8, 4) is 5.69 Å². The SMILES string of the molecule is CCOC(=O)Cn1c(=O)c2c(nc3n(-c4cccc(Cl)c4C)c(C)cn23)n(C)c1=O. The summed E-state index contributed by atoms with van der Waals surface area (Å²) in [4.78, 5) is 42.3. The van der Waals surface area contributed by atoms with Gasteiger partial charge in [0.2, 0.25) is 5.78 Å². The van der Waals surface area contributed by atoms with Crippen LogP contribution in [0.25, 0.3) is 22.6 Å². The summed E-state index contributed by atoms with van der Waals surface area (Å²) in [6, 6.07) is 5.55. The molecule has 0 aliphatic rings. The molecule has 0 aliphatic carbocycles. The first-order valence-corrected chi connectivity index (χ1v) is 9.75. The van der Waals surface area contributed by atoms with E-state index in [0.717, 1.165) is 21.5 Å². The van der Waals surface area contributed by atoms with Crippen molar-refractivity contribution in [3.63, 3.8) is 0 Å². The Balaban J connectivity index is 2.06. The molecular formula is C20H20ClN5O4. The maximum absolute atomic E-state index is 13.1. The molecular weight excluding hydrogens is 410 g/mol. The van der Waals surface area contributed by atoms with Crippen molar-refractivity contribution in [3.05, 3.63) is 61.5 Å². The van der Waals surface area contributed by atoms with Gasteiger partial charge in [0.15, 0.2) is 11.2 Å². The van der Waals surface area contributed by atoms with E-state index in [1.54, 1.807) is 23.6 Å². The molecule has 4 aromatic rings. The van der Waals surface area contributed by atoms with E-state index in [1.807, 2.05) is 30.5 Å². The van der Waals surface area contributed by atoms with E-state index in [9.17, 15) is 14.4 Å². The summed E-state index contributed by atoms with van der Waals surface area (Å²) in [6.07, 6.45) is 1.77. The van der Waals surface area contributed by atoms with Crippen molar-refractivity contribution < 1.29 is 9.53 Å². The van der Waals surface area contributed by atoms with Gasteiger partial charge < -0.3 is 4.74 Å². The maximum atomic E-state index is 13.1. The Bertz CT molecular complexity index is 1440. The summed E-state index contributed by atoms with van der Waals surface area (Å²) in [5.74, 6) is -0.186. The van der Waals surface area contributed by atoms with Crippen molar-refractivity contribution in [1.82, 2.24) is 23.1 Å². The lowest BCUT2D eigenvalue weighted by Crippen LogP contribution is -2.41. The summed E-state index contributed by atoms with van der Waals surface area (Å²) in [7, 11) is 1.51. The lowest BCUT2D eigenvalue weighted by Gasteiger charge is -2.10. The summed E-state index contributed by atoms with van der Waals surface area (Å²) < 4.78 is 10.5. The molecule has 0 amide bonds. The molecule has 0 aliphatic heterocycles. The van der Waals surface area contributed by atoms with E-state index in [0.29, 0.717) is 10.8 Å². The first-order valence-electron chi connectivity index (χ1n) is 9.37. The van der Waals surface area contributed by atoms with Crippen molar-refractivity contribution in [1.29, 1.82) is 0 Å². The van der Waals surface area contributed by atoms with Gasteiger partial charge in [0.25, 0.3) is 5.56 Å². The molecule has 3 heterocycles. The number of nitrogens with zero attached hydrogens (tertiary/aromatic N) is 5. The van der Waals surface area contributed by atoms with Gasteiger partial charge >= 0.3 is 11.7 Å². The molecule has 0 N–H and O–H groups in total. The van der Waals surface area contributed by atoms with E-state index in [1.165, 1.54) is 11.6 Å². The minimum atomic E-state index is -0.653. The molecule has 0 fully saturated rings. The van der Waals surface area contributed by atoms with Crippen LogP contribution in [0.3, 0.4) is 0 Å². The first kappa shape index (κ1) is 20.0. The molecule has 0 radical (unpaired) electrons. The van der Waals surface area contributed by atoms with Crippen LogP contribution in [0.15, 0.2) is 34.0 Å². The van der Waals surface area contributed by atoms with Gasteiger partial charge in [-0.1, -0.05) is 17.7 Å². The largest absolute Gasteiger partial charge is 0.465 e. The molecule has 10 heteroatoms. The minimum Gasteiger partial charge on any atom is -0.465 e. The Morgan fingerprint density at radius 2 is 1.97 bits per heavy atom. The van der Waals surface area contributed by atoms with Gasteiger partial charge in [0.05, 0.1) is 12.3 Å². The second kappa shape index (κ2) is 7.17. The number of aromatic nitrogens is 5. The van der Waals surface area contributed by atoms with Crippen molar-refractivity contribution in [2.45, 2.75) is 27.3 Å². The number of hydrogen-bond acceptors (Lipinski definition) is 5. The monoisotopic (exact) mass is 429 g/mol. The fourth-order valence-electron chi connectivity index (χ4n) is 3.62. The lowest BCUT2D eigenvalue weighted by atomic mass is 10.2. The molecule has 4 rings (SSSR count). The minimum absolute atomic E-state index is 0.161. The number of halogens is 1. The van der Waals surface area contributed by atoms with E-state index in [-0.39, 0.29) is 17.8 Å². The predicted octanol–water partition coefficient (Wildman–Crippen LogP) is 1.97. The number of fused-ring (bicyclic) bond motifs is 3. The Labute approximate surface area is 175 Å². The summed E-state index contributed by atoms with van der Waals surface area (Å²) in [6.45, 7) is 5.15. The number of aryl methyl sites for hydroxylation is 2. The van der Waals surface area contributed by atoms with E-state index < -0.39 is 23.8 Å². The van der Waals surface area contributed by atoms with Crippen LogP contribution in [-0.2, 0) is 23.1 Å². The normalized spacial score (nSPS) is 11.5. The summed E-state index contributed by atoms with van der Waals surface area (Å²) >= 11 is 6.30. The summed E-state index contributed by atoms with van der Waals surface area (Å²) in [5, 5.41) is 0.610. The third-order valence-electron chi connectivity index (χ3n) is 5.10. The van der Waals surface area contributed by atoms with Gasteiger partial charge in [-0.3, -0.25) is 23.1 Å². The van der Waals surface area contributed by atoms with Crippen LogP contribution in [0.2, 0.25) is 5.02 Å². The number of rotatable bonds is 4. The molecule has 3 aromatic heterocycles. The quantitative estimate of drug-likeness (QED) is 0.462. The molecule has 0 bridgehead atoms. The number of benzene rings is 1. The van der Waals surface area contributed by atoms with Crippen LogP contribution in [0.5, 0.6) is 0 Å². The zero-order valence-electron chi connectivity index (χ0n) is 17.0. The predicted molar refractivity (Wildman–Crippen MR) is 113 cm³/mol. The number of hydrogen-bond donors (Lipinski definition) is 0. The maximum Gasteiger partial charge on any atom is 0.333 e. The molecule has 0 unspecified atom stereocenters. The Morgan fingerprint density at radius 1 is 1.23 bits per heavy atom. The average molecular weight is 430 g/mol. The van der Waals surface area contributed by atoms with Crippen LogP contribution in [-0.4, -0.2) is 35.7 Å². The molecule has 0 atom stereocenters. The number of carbonyl (C=O) groups is 1. The molecule has 9 nitrogen and oxygen atoms in total. The smallest absolute Gasteiger partial charge is 0.333 e. The summed E-state index contributed by atoms with van der Waals surface area (Å²) in [5.41, 5.74) is 1.71. The fourth-order valence-corrected chi connectivity index (χ4v) is 3.79. The number of ether oxygens (including phenoxy) is 1. The Hall–Kier alpha value is -3.33. The number of esters is 1. The molecule has 0 spiro atoms. The van der Waals surface area contributed by atoms with E-state index in [2.05, 4.69) is 4.98 Å². The Kier molecular flexibility index (Phi) is 4.77. The van der Waals surface area contributed by atoms with Crippen LogP contribution in [0.1, 0.15) is 18.2 Å². The zero-order chi connectivity index (χ0) is 21.7. The average Bonchev–Trinajstić information content (AvgIpc) is 3.21. The fraction of sp³-hybridized carbons (Fsp3) is 0.300. The third-order valence-corrected chi connectivity index (χ3v) is 5.51. The van der Waals surface area contributed by atoms with E-state index >= 15 is 0 Å². The van der Waals surface area contributed by atoms with Crippen molar-refractivity contribution >= 4 is 34.5 Å². The van der Waals surface area contributed by atoms with Crippen LogP contribution < -0.4 is 11.2 Å². The van der Waals surface area contributed by atoms with E-state index in [4.69, 9.17) is 16.3 Å². The van der Waals surface area contributed by atoms with Crippen molar-refractivity contribution in [2.75, 3.05) is 6.61 Å². The lowest BCUT2D eigenvalue weighted by molar-refractivity contribution is -0.143. The standard InChI is InChI=1S/C20H20ClN5O4/c1-5-30-15(27)10-25-18(28)16-17(23(4)20(25)29)22-19-24(16)9-11(2)26(19)14-8-6-7-13(21)12(14)3/h6-9H,5,10H2,1-4H3. The van der Waals surface area contributed by atoms with Gasteiger partial charge in [-0.25, -0.2) is 9.36 Å². The second-order valence-electron chi connectivity index (χ2n) is 6.98. The van der Waals surface area contributed by atoms with Crippen LogP contribution in [0.4, 0.5) is 0 Å². The molecule has 0 saturated heterocycles. The Morgan fingerprint density at radius 3 is 2.67 bits per heavy atom. The van der Waals surface area contributed by atoms with Crippen LogP contribution in [0, 0.1) is 13.8 Å². The highest BCUT2D eigenvalue weighted by Gasteiger charge is 2.22. The van der Waals surface area contributed by atoms with Gasteiger partial charge in [-0.05, 0) is 38.5 Å². The topological polar surface area (TPSA) is 92.5 Å². The van der Waals surface area contributed by atoms with Gasteiger partial charge in [-0.2, -0.15) is 4.98 Å². The van der Waals surface area contributed by atoms with Crippen molar-refractivity contribution in [2.24, 2.45) is 7.05 Å². The van der Waals surface area contributed by atoms with Gasteiger partial charge in [0.1, 0.15) is 6.54 Å². The van der Waals surface area contributed by atoms with Gasteiger partial charge in [-0.15, -0.1) is 0 Å². The second-order valence-corrected chi connectivity index (χ2v) is 7.39. The molecule has 0 saturated carbocycles. The molecule has 30 heavy (non-hydrogen) atoms. The number of carbonyl (C=O) groups excluding carboxylic acids is 1. The third kappa shape index (κ3) is 2.85.